The molecule has 0 aliphatic carbocycles. The molecule has 0 saturated carbocycles. The largest absolute Gasteiger partial charge is 0.410 e. The fraction of sp³-hybridized carbons (Fsp3) is 0.429. The number of hydrogen-bond donors (Lipinski definition) is 1. The Kier molecular flexibility index (Phi) is 3.21. The molecule has 1 aromatic carbocycles. The molecule has 2 heterocycles. The van der Waals surface area contributed by atoms with Crippen LogP contribution in [0.2, 0.25) is 0 Å². The monoisotopic (exact) mass is 259 g/mol. The molecule has 3 rings (SSSR count). The molecule has 0 bridgehead atoms. The van der Waals surface area contributed by atoms with E-state index in [0.29, 0.717) is 6.54 Å². The molecule has 5 nitrogen and oxygen atoms in total. The van der Waals surface area contributed by atoms with Crippen molar-refractivity contribution in [3.05, 3.63) is 30.3 Å². The molecule has 0 radical (unpaired) electrons. The third-order valence-electron chi connectivity index (χ3n) is 3.85. The van der Waals surface area contributed by atoms with E-state index >= 15 is 0 Å². The first-order valence-electron chi connectivity index (χ1n) is 6.65. The number of amides is 1. The highest BCUT2D eigenvalue weighted by Crippen LogP contribution is 2.29. The molecule has 1 unspecified atom stereocenters. The quantitative estimate of drug-likeness (QED) is 0.616. The summed E-state index contributed by atoms with van der Waals surface area (Å²) in [6.07, 6.45) is 3.32. The number of fused-ring (bicyclic) bond motifs is 1. The van der Waals surface area contributed by atoms with Crippen molar-refractivity contribution in [2.24, 2.45) is 5.16 Å². The van der Waals surface area contributed by atoms with Crippen LogP contribution in [0.5, 0.6) is 0 Å². The van der Waals surface area contributed by atoms with Crippen LogP contribution < -0.4 is 4.90 Å². The van der Waals surface area contributed by atoms with Gasteiger partial charge < -0.3 is 5.21 Å². The molecule has 1 aromatic rings. The van der Waals surface area contributed by atoms with E-state index in [9.17, 15) is 4.79 Å². The van der Waals surface area contributed by atoms with Gasteiger partial charge in [-0.1, -0.05) is 23.4 Å². The molecule has 5 heteroatoms. The van der Waals surface area contributed by atoms with E-state index < -0.39 is 0 Å². The van der Waals surface area contributed by atoms with Crippen molar-refractivity contribution < 1.29 is 10.0 Å². The number of carbonyl (C=O) groups excluding carboxylic acids is 1. The summed E-state index contributed by atoms with van der Waals surface area (Å²) in [5, 5.41) is 12.2. The summed E-state index contributed by atoms with van der Waals surface area (Å²) >= 11 is 0. The van der Waals surface area contributed by atoms with Crippen LogP contribution in [0, 0.1) is 0 Å². The maximum atomic E-state index is 12.4. The number of nitrogens with zero attached hydrogens (tertiary/aromatic N) is 3. The Morgan fingerprint density at radius 1 is 1.21 bits per heavy atom. The average molecular weight is 259 g/mol. The molecule has 0 spiro atoms. The van der Waals surface area contributed by atoms with Crippen LogP contribution in [0.25, 0.3) is 0 Å². The molecule has 100 valence electrons. The minimum absolute atomic E-state index is 0.0918. The molecular weight excluding hydrogens is 242 g/mol. The summed E-state index contributed by atoms with van der Waals surface area (Å²) in [6, 6.07) is 9.61. The Hall–Kier alpha value is -1.88. The first-order chi connectivity index (χ1) is 9.31. The van der Waals surface area contributed by atoms with Gasteiger partial charge in [-0.2, -0.15) is 0 Å². The van der Waals surface area contributed by atoms with E-state index in [1.807, 2.05) is 30.3 Å². The van der Waals surface area contributed by atoms with Crippen LogP contribution >= 0.6 is 0 Å². The van der Waals surface area contributed by atoms with Crippen molar-refractivity contribution in [3.63, 3.8) is 0 Å². The molecule has 2 saturated heterocycles. The molecular formula is C14H17N3O2. The number of piperidine rings is 1. The zero-order chi connectivity index (χ0) is 13.2. The van der Waals surface area contributed by atoms with E-state index in [4.69, 9.17) is 5.21 Å². The third-order valence-corrected chi connectivity index (χ3v) is 3.85. The number of anilines is 1. The Bertz CT molecular complexity index is 501. The van der Waals surface area contributed by atoms with Gasteiger partial charge in [-0.15, -0.1) is 0 Å². The second-order valence-electron chi connectivity index (χ2n) is 5.00. The second kappa shape index (κ2) is 5.01. The molecule has 2 aliphatic rings. The predicted octanol–water partition coefficient (Wildman–Crippen LogP) is 1.68. The van der Waals surface area contributed by atoms with Crippen LogP contribution in [0.4, 0.5) is 5.69 Å². The topological polar surface area (TPSA) is 56.1 Å². The predicted molar refractivity (Wildman–Crippen MR) is 72.4 cm³/mol. The highest BCUT2D eigenvalue weighted by molar-refractivity contribution is 6.45. The Morgan fingerprint density at radius 2 is 2.00 bits per heavy atom. The highest BCUT2D eigenvalue weighted by atomic mass is 16.4. The fourth-order valence-corrected chi connectivity index (χ4v) is 2.94. The Morgan fingerprint density at radius 3 is 2.74 bits per heavy atom. The second-order valence-corrected chi connectivity index (χ2v) is 5.00. The summed E-state index contributed by atoms with van der Waals surface area (Å²) in [5.41, 5.74) is 1.09. The van der Waals surface area contributed by atoms with E-state index in [1.165, 1.54) is 0 Å². The zero-order valence-electron chi connectivity index (χ0n) is 10.7. The highest BCUT2D eigenvalue weighted by Gasteiger charge is 2.40. The first kappa shape index (κ1) is 12.2. The van der Waals surface area contributed by atoms with Gasteiger partial charge in [0.25, 0.3) is 5.91 Å². The SMILES string of the molecule is O=C1/C(=N\O)CN2CCCCC2N1c1ccccc1. The van der Waals surface area contributed by atoms with Crippen LogP contribution in [0.3, 0.4) is 0 Å². The molecule has 2 fully saturated rings. The van der Waals surface area contributed by atoms with Crippen molar-refractivity contribution in [1.29, 1.82) is 0 Å². The lowest BCUT2D eigenvalue weighted by Gasteiger charge is -2.46. The summed E-state index contributed by atoms with van der Waals surface area (Å²) in [5.74, 6) is -0.183. The molecule has 19 heavy (non-hydrogen) atoms. The van der Waals surface area contributed by atoms with Gasteiger partial charge in [0.2, 0.25) is 0 Å². The standard InChI is InChI=1S/C14H17N3O2/c18-14-12(15-19)10-16-9-5-4-8-13(16)17(14)11-6-2-1-3-7-11/h1-3,6-7,13,19H,4-5,8-10H2/b15-12-. The number of oxime groups is 1. The maximum Gasteiger partial charge on any atom is 0.278 e. The molecule has 1 N–H and O–H groups in total. The van der Waals surface area contributed by atoms with Gasteiger partial charge in [0.05, 0.1) is 12.7 Å². The minimum Gasteiger partial charge on any atom is -0.410 e. The van der Waals surface area contributed by atoms with E-state index in [0.717, 1.165) is 31.5 Å². The van der Waals surface area contributed by atoms with Crippen LogP contribution in [0.1, 0.15) is 19.3 Å². The lowest BCUT2D eigenvalue weighted by atomic mass is 10.0. The van der Waals surface area contributed by atoms with E-state index in [2.05, 4.69) is 10.1 Å². The van der Waals surface area contributed by atoms with Crippen molar-refractivity contribution in [3.8, 4) is 0 Å². The molecule has 0 aromatic heterocycles. The summed E-state index contributed by atoms with van der Waals surface area (Å²) in [6.45, 7) is 1.39. The number of benzene rings is 1. The van der Waals surface area contributed by atoms with Gasteiger partial charge in [-0.3, -0.25) is 14.6 Å². The van der Waals surface area contributed by atoms with Crippen LogP contribution in [0.15, 0.2) is 35.5 Å². The first-order valence-corrected chi connectivity index (χ1v) is 6.65. The third kappa shape index (κ3) is 2.10. The van der Waals surface area contributed by atoms with Crippen LogP contribution in [-0.4, -0.2) is 41.0 Å². The molecule has 1 amide bonds. The maximum absolute atomic E-state index is 12.4. The average Bonchev–Trinajstić information content (AvgIpc) is 2.47. The van der Waals surface area contributed by atoms with Gasteiger partial charge in [-0.05, 0) is 31.4 Å². The van der Waals surface area contributed by atoms with Crippen LogP contribution in [-0.2, 0) is 4.79 Å². The lowest BCUT2D eigenvalue weighted by Crippen LogP contribution is -2.62. The number of para-hydroxylation sites is 1. The van der Waals surface area contributed by atoms with Crippen molar-refractivity contribution >= 4 is 17.3 Å². The van der Waals surface area contributed by atoms with Crippen molar-refractivity contribution in [2.45, 2.75) is 25.4 Å². The van der Waals surface area contributed by atoms with Gasteiger partial charge in [0.15, 0.2) is 5.71 Å². The summed E-state index contributed by atoms with van der Waals surface area (Å²) in [4.78, 5) is 16.4. The van der Waals surface area contributed by atoms with Gasteiger partial charge in [-0.25, -0.2) is 0 Å². The molecule has 1 atom stereocenters. The molecule has 2 aliphatic heterocycles. The smallest absolute Gasteiger partial charge is 0.278 e. The van der Waals surface area contributed by atoms with E-state index in [-0.39, 0.29) is 17.8 Å². The number of carbonyl (C=O) groups is 1. The van der Waals surface area contributed by atoms with Gasteiger partial charge in [0, 0.05) is 12.2 Å². The Balaban J connectivity index is 1.99. The Labute approximate surface area is 112 Å². The van der Waals surface area contributed by atoms with Gasteiger partial charge in [0.1, 0.15) is 0 Å². The fourth-order valence-electron chi connectivity index (χ4n) is 2.94. The van der Waals surface area contributed by atoms with E-state index in [1.54, 1.807) is 4.90 Å². The number of rotatable bonds is 1. The van der Waals surface area contributed by atoms with Gasteiger partial charge >= 0.3 is 0 Å². The zero-order valence-corrected chi connectivity index (χ0v) is 10.7. The lowest BCUT2D eigenvalue weighted by molar-refractivity contribution is -0.115. The summed E-state index contributed by atoms with van der Waals surface area (Å²) < 4.78 is 0. The van der Waals surface area contributed by atoms with Crippen molar-refractivity contribution in [2.75, 3.05) is 18.0 Å². The minimum atomic E-state index is -0.183. The normalized spacial score (nSPS) is 26.5. The van der Waals surface area contributed by atoms with Crippen molar-refractivity contribution in [1.82, 2.24) is 4.90 Å². The summed E-state index contributed by atoms with van der Waals surface area (Å²) in [7, 11) is 0. The number of hydrogen-bond acceptors (Lipinski definition) is 4.